The van der Waals surface area contributed by atoms with Crippen molar-refractivity contribution in [2.75, 3.05) is 0 Å². The maximum absolute atomic E-state index is 11.7. The van der Waals surface area contributed by atoms with E-state index >= 15 is 0 Å². The zero-order valence-electron chi connectivity index (χ0n) is 11.7. The van der Waals surface area contributed by atoms with Crippen LogP contribution in [0.3, 0.4) is 0 Å². The third kappa shape index (κ3) is 6.99. The molecule has 1 aliphatic heterocycles. The molecule has 0 saturated heterocycles. The lowest BCUT2D eigenvalue weighted by Gasteiger charge is -2.19. The van der Waals surface area contributed by atoms with Crippen molar-refractivity contribution in [1.82, 2.24) is 0 Å². The van der Waals surface area contributed by atoms with Gasteiger partial charge in [-0.25, -0.2) is 0 Å². The van der Waals surface area contributed by atoms with Crippen LogP contribution in [0.2, 0.25) is 0 Å². The number of carbonyl (C=O) groups excluding carboxylic acids is 2. The van der Waals surface area contributed by atoms with Gasteiger partial charge in [-0.15, -0.1) is 0 Å². The van der Waals surface area contributed by atoms with Crippen LogP contribution < -0.4 is 0 Å². The lowest BCUT2D eigenvalue weighted by Crippen LogP contribution is -2.20. The Hall–Kier alpha value is -1.32. The van der Waals surface area contributed by atoms with Gasteiger partial charge in [0.05, 0.1) is 0 Å². The molecule has 1 heterocycles. The molecule has 0 aromatic heterocycles. The van der Waals surface area contributed by atoms with Gasteiger partial charge in [0.1, 0.15) is 12.2 Å². The van der Waals surface area contributed by atoms with E-state index in [2.05, 4.69) is 6.92 Å². The Kier molecular flexibility index (Phi) is 7.94. The smallest absolute Gasteiger partial charge is 0.306 e. The molecule has 19 heavy (non-hydrogen) atoms. The summed E-state index contributed by atoms with van der Waals surface area (Å²) in [7, 11) is 0. The molecule has 0 aliphatic carbocycles. The Balaban J connectivity index is 2.51. The van der Waals surface area contributed by atoms with Crippen molar-refractivity contribution in [2.45, 2.75) is 70.5 Å². The summed E-state index contributed by atoms with van der Waals surface area (Å²) in [6.45, 7) is 2.62. The molecule has 0 aromatic carbocycles. The molecule has 1 aliphatic rings. The number of hydrogen-bond donors (Lipinski definition) is 0. The largest absolute Gasteiger partial charge is 0.462 e. The van der Waals surface area contributed by atoms with Gasteiger partial charge < -0.3 is 9.47 Å². The first-order valence-electron chi connectivity index (χ1n) is 7.21. The minimum absolute atomic E-state index is 0.0368. The van der Waals surface area contributed by atoms with E-state index in [9.17, 15) is 9.59 Å². The highest BCUT2D eigenvalue weighted by molar-refractivity contribution is 5.69. The summed E-state index contributed by atoms with van der Waals surface area (Å²) in [5, 5.41) is 0. The molecule has 0 amide bonds. The van der Waals surface area contributed by atoms with Gasteiger partial charge in [-0.1, -0.05) is 25.8 Å². The van der Waals surface area contributed by atoms with Gasteiger partial charge in [-0.05, 0) is 31.8 Å². The number of cyclic esters (lactones) is 1. The number of hydrogen-bond acceptors (Lipinski definition) is 4. The Morgan fingerprint density at radius 3 is 3.05 bits per heavy atom. The topological polar surface area (TPSA) is 52.6 Å². The van der Waals surface area contributed by atoms with E-state index in [1.54, 1.807) is 0 Å². The molecule has 4 nitrogen and oxygen atoms in total. The second-order valence-electron chi connectivity index (χ2n) is 4.93. The van der Waals surface area contributed by atoms with E-state index in [1.165, 1.54) is 0 Å². The van der Waals surface area contributed by atoms with Gasteiger partial charge in [-0.3, -0.25) is 9.59 Å². The standard InChI is InChI=1S/C15H24O4/c1-2-3-4-7-14-10-5-8-13(18-12-16)9-6-11-15(17)19-14/h5,8,12-14H,2-4,6-7,9-11H2,1H3/b8-5+/t13-,14+/m1/s1. The molecule has 1 rings (SSSR count). The van der Waals surface area contributed by atoms with E-state index in [1.807, 2.05) is 12.2 Å². The second-order valence-corrected chi connectivity index (χ2v) is 4.93. The maximum atomic E-state index is 11.7. The maximum Gasteiger partial charge on any atom is 0.306 e. The van der Waals surface area contributed by atoms with Crippen LogP contribution in [-0.2, 0) is 19.1 Å². The summed E-state index contributed by atoms with van der Waals surface area (Å²) in [6.07, 6.45) is 10.4. The molecule has 0 N–H and O–H groups in total. The van der Waals surface area contributed by atoms with E-state index in [-0.39, 0.29) is 18.2 Å². The normalized spacial score (nSPS) is 26.3. The van der Waals surface area contributed by atoms with Crippen molar-refractivity contribution in [3.05, 3.63) is 12.2 Å². The zero-order chi connectivity index (χ0) is 13.9. The minimum atomic E-state index is -0.209. The van der Waals surface area contributed by atoms with Crippen LogP contribution in [0.1, 0.15) is 58.3 Å². The first kappa shape index (κ1) is 15.7. The number of carbonyl (C=O) groups is 2. The highest BCUT2D eigenvalue weighted by Crippen LogP contribution is 2.16. The quantitative estimate of drug-likeness (QED) is 0.321. The Morgan fingerprint density at radius 1 is 1.47 bits per heavy atom. The lowest BCUT2D eigenvalue weighted by atomic mass is 10.0. The van der Waals surface area contributed by atoms with Crippen molar-refractivity contribution in [1.29, 1.82) is 0 Å². The van der Waals surface area contributed by atoms with Crippen molar-refractivity contribution < 1.29 is 19.1 Å². The molecule has 0 radical (unpaired) electrons. The van der Waals surface area contributed by atoms with Crippen molar-refractivity contribution in [3.8, 4) is 0 Å². The molecule has 2 atom stereocenters. The summed E-state index contributed by atoms with van der Waals surface area (Å²) in [5.74, 6) is -0.137. The van der Waals surface area contributed by atoms with Crippen LogP contribution in [0, 0.1) is 0 Å². The molecule has 4 heteroatoms. The summed E-state index contributed by atoms with van der Waals surface area (Å²) in [5.41, 5.74) is 0. The van der Waals surface area contributed by atoms with Crippen LogP contribution in [0.25, 0.3) is 0 Å². The number of rotatable bonds is 6. The van der Waals surface area contributed by atoms with E-state index in [0.29, 0.717) is 32.2 Å². The monoisotopic (exact) mass is 268 g/mol. The fourth-order valence-electron chi connectivity index (χ4n) is 2.20. The molecule has 0 spiro atoms. The van der Waals surface area contributed by atoms with Crippen LogP contribution in [-0.4, -0.2) is 24.6 Å². The average Bonchev–Trinajstić information content (AvgIpc) is 2.38. The third-order valence-corrected chi connectivity index (χ3v) is 3.28. The van der Waals surface area contributed by atoms with Crippen molar-refractivity contribution in [2.24, 2.45) is 0 Å². The minimum Gasteiger partial charge on any atom is -0.462 e. The number of unbranched alkanes of at least 4 members (excludes halogenated alkanes) is 2. The highest BCUT2D eigenvalue weighted by atomic mass is 16.5. The fraction of sp³-hybridized carbons (Fsp3) is 0.733. The van der Waals surface area contributed by atoms with Gasteiger partial charge in [0.25, 0.3) is 6.47 Å². The Labute approximate surface area is 115 Å². The fourth-order valence-corrected chi connectivity index (χ4v) is 2.20. The Bertz CT molecular complexity index is 299. The van der Waals surface area contributed by atoms with Crippen LogP contribution >= 0.6 is 0 Å². The van der Waals surface area contributed by atoms with Crippen molar-refractivity contribution in [3.63, 3.8) is 0 Å². The first-order chi connectivity index (χ1) is 9.26. The Morgan fingerprint density at radius 2 is 2.32 bits per heavy atom. The number of esters is 1. The van der Waals surface area contributed by atoms with E-state index in [0.717, 1.165) is 25.7 Å². The first-order valence-corrected chi connectivity index (χ1v) is 7.21. The molecule has 0 fully saturated rings. The molecular formula is C15H24O4. The predicted molar refractivity (Wildman–Crippen MR) is 72.6 cm³/mol. The molecule has 0 saturated carbocycles. The zero-order valence-corrected chi connectivity index (χ0v) is 11.7. The molecule has 0 bridgehead atoms. The van der Waals surface area contributed by atoms with E-state index in [4.69, 9.17) is 9.47 Å². The summed E-state index contributed by atoms with van der Waals surface area (Å²) in [6, 6.07) is 0. The molecule has 108 valence electrons. The van der Waals surface area contributed by atoms with Gasteiger partial charge in [0.15, 0.2) is 0 Å². The van der Waals surface area contributed by atoms with Crippen LogP contribution in [0.15, 0.2) is 12.2 Å². The lowest BCUT2D eigenvalue weighted by molar-refractivity contribution is -0.149. The molecular weight excluding hydrogens is 244 g/mol. The summed E-state index contributed by atoms with van der Waals surface area (Å²) < 4.78 is 10.4. The molecule has 0 unspecified atom stereocenters. The predicted octanol–water partition coefficient (Wildman–Crippen LogP) is 3.15. The van der Waals surface area contributed by atoms with Crippen LogP contribution in [0.5, 0.6) is 0 Å². The van der Waals surface area contributed by atoms with Gasteiger partial charge in [0.2, 0.25) is 0 Å². The third-order valence-electron chi connectivity index (χ3n) is 3.28. The second kappa shape index (κ2) is 9.59. The summed E-state index contributed by atoms with van der Waals surface area (Å²) >= 11 is 0. The summed E-state index contributed by atoms with van der Waals surface area (Å²) in [4.78, 5) is 22.0. The number of ether oxygens (including phenoxy) is 2. The van der Waals surface area contributed by atoms with Crippen LogP contribution in [0.4, 0.5) is 0 Å². The molecule has 0 aromatic rings. The van der Waals surface area contributed by atoms with E-state index < -0.39 is 0 Å². The van der Waals surface area contributed by atoms with Gasteiger partial charge in [-0.2, -0.15) is 0 Å². The van der Waals surface area contributed by atoms with Gasteiger partial charge in [0, 0.05) is 12.8 Å². The van der Waals surface area contributed by atoms with Gasteiger partial charge >= 0.3 is 5.97 Å². The SMILES string of the molecule is CCCCC[C@H]1C/C=C/[C@@H](OC=O)CCCC(=O)O1. The highest BCUT2D eigenvalue weighted by Gasteiger charge is 2.16. The average molecular weight is 268 g/mol. The van der Waals surface area contributed by atoms with Crippen molar-refractivity contribution >= 4 is 12.4 Å².